The number of ether oxygens (including phenoxy) is 2. The molecule has 9 heteroatoms. The average Bonchev–Trinajstić information content (AvgIpc) is 2.52. The molecule has 0 aromatic heterocycles. The van der Waals surface area contributed by atoms with Gasteiger partial charge in [-0.15, -0.1) is 25.6 Å². The van der Waals surface area contributed by atoms with Crippen LogP contribution < -0.4 is 14.8 Å². The maximum atomic E-state index is 13.0. The van der Waals surface area contributed by atoms with Crippen LogP contribution in [-0.4, -0.2) is 51.2 Å². The molecule has 1 aliphatic heterocycles. The van der Waals surface area contributed by atoms with Crippen LogP contribution in [0.5, 0.6) is 11.5 Å². The van der Waals surface area contributed by atoms with Gasteiger partial charge in [-0.2, -0.15) is 0 Å². The van der Waals surface area contributed by atoms with Crippen LogP contribution in [0.1, 0.15) is 18.0 Å². The number of methoxy groups -OCH3 is 1. The third kappa shape index (κ3) is 5.68. The second-order valence-electron chi connectivity index (χ2n) is 5.23. The average molecular weight is 373 g/mol. The lowest BCUT2D eigenvalue weighted by Crippen LogP contribution is -2.45. The molecule has 0 amide bonds. The van der Waals surface area contributed by atoms with Gasteiger partial charge in [0.2, 0.25) is 0 Å². The molecule has 0 aliphatic carbocycles. The highest BCUT2D eigenvalue weighted by molar-refractivity contribution is 5.85. The summed E-state index contributed by atoms with van der Waals surface area (Å²) in [6.45, 7) is 2.56. The molecule has 2 rings (SSSR count). The summed E-state index contributed by atoms with van der Waals surface area (Å²) in [6.07, 6.45) is -4.50. The molecule has 0 radical (unpaired) electrons. The third-order valence-corrected chi connectivity index (χ3v) is 3.77. The number of benzene rings is 1. The topological polar surface area (TPSA) is 33.7 Å². The molecule has 0 spiro atoms. The fourth-order valence-corrected chi connectivity index (χ4v) is 2.80. The van der Waals surface area contributed by atoms with Gasteiger partial charge in [0.15, 0.2) is 0 Å². The molecular formula is C15H21ClF4N2O2. The Kier molecular flexibility index (Phi) is 8.05. The van der Waals surface area contributed by atoms with Crippen molar-refractivity contribution in [3.63, 3.8) is 0 Å². The zero-order valence-corrected chi connectivity index (χ0v) is 14.1. The van der Waals surface area contributed by atoms with Crippen LogP contribution in [0.4, 0.5) is 17.6 Å². The summed E-state index contributed by atoms with van der Waals surface area (Å²) in [5.41, 5.74) is 0.668. The molecule has 0 unspecified atom stereocenters. The van der Waals surface area contributed by atoms with Crippen LogP contribution in [0, 0.1) is 0 Å². The lowest BCUT2D eigenvalue weighted by atomic mass is 10.00. The molecule has 4 nitrogen and oxygen atoms in total. The van der Waals surface area contributed by atoms with Crippen molar-refractivity contribution >= 4 is 12.4 Å². The number of piperazine rings is 1. The van der Waals surface area contributed by atoms with E-state index in [0.717, 1.165) is 26.2 Å². The van der Waals surface area contributed by atoms with Gasteiger partial charge in [0, 0.05) is 43.9 Å². The first-order valence-electron chi connectivity index (χ1n) is 7.39. The third-order valence-electron chi connectivity index (χ3n) is 3.77. The van der Waals surface area contributed by atoms with Gasteiger partial charge in [0.1, 0.15) is 11.5 Å². The van der Waals surface area contributed by atoms with E-state index in [9.17, 15) is 17.6 Å². The number of halogens is 5. The second-order valence-corrected chi connectivity index (χ2v) is 5.23. The minimum absolute atomic E-state index is 0. The maximum absolute atomic E-state index is 13.0. The Bertz CT molecular complexity index is 511. The fraction of sp³-hybridized carbons (Fsp3) is 0.600. The fourth-order valence-electron chi connectivity index (χ4n) is 2.80. The number of alkyl halides is 4. The largest absolute Gasteiger partial charge is 0.573 e. The summed E-state index contributed by atoms with van der Waals surface area (Å²) >= 11 is 0. The van der Waals surface area contributed by atoms with E-state index in [0.29, 0.717) is 5.56 Å². The van der Waals surface area contributed by atoms with E-state index in [-0.39, 0.29) is 36.4 Å². The maximum Gasteiger partial charge on any atom is 0.573 e. The first-order valence-corrected chi connectivity index (χ1v) is 7.39. The van der Waals surface area contributed by atoms with Gasteiger partial charge in [0.25, 0.3) is 0 Å². The van der Waals surface area contributed by atoms with Gasteiger partial charge in [-0.1, -0.05) is 6.07 Å². The highest BCUT2D eigenvalue weighted by Crippen LogP contribution is 2.36. The first kappa shape index (κ1) is 20.8. The van der Waals surface area contributed by atoms with Crippen molar-refractivity contribution < 1.29 is 27.0 Å². The second kappa shape index (κ2) is 9.29. The summed E-state index contributed by atoms with van der Waals surface area (Å²) in [6, 6.07) is 3.70. The Hall–Kier alpha value is -1.25. The van der Waals surface area contributed by atoms with Crippen molar-refractivity contribution in [1.29, 1.82) is 0 Å². The van der Waals surface area contributed by atoms with Crippen LogP contribution >= 0.6 is 12.4 Å². The minimum atomic E-state index is -4.76. The van der Waals surface area contributed by atoms with Gasteiger partial charge in [0.05, 0.1) is 13.8 Å². The molecule has 1 aromatic carbocycles. The molecule has 1 fully saturated rings. The van der Waals surface area contributed by atoms with E-state index in [4.69, 9.17) is 4.74 Å². The molecule has 1 heterocycles. The van der Waals surface area contributed by atoms with E-state index >= 15 is 0 Å². The molecule has 1 aromatic rings. The SMILES string of the molecule is COc1cc(OC(F)(F)F)ccc1[C@H](CCF)N1CCNCC1.Cl. The quantitative estimate of drug-likeness (QED) is 0.777. The monoisotopic (exact) mass is 372 g/mol. The number of nitrogens with zero attached hydrogens (tertiary/aromatic N) is 1. The lowest BCUT2D eigenvalue weighted by molar-refractivity contribution is -0.274. The Morgan fingerprint density at radius 1 is 1.25 bits per heavy atom. The zero-order valence-electron chi connectivity index (χ0n) is 13.2. The first-order chi connectivity index (χ1) is 10.9. The summed E-state index contributed by atoms with van der Waals surface area (Å²) in [4.78, 5) is 2.11. The lowest BCUT2D eigenvalue weighted by Gasteiger charge is -2.35. The normalized spacial score (nSPS) is 17.0. The highest BCUT2D eigenvalue weighted by atomic mass is 35.5. The van der Waals surface area contributed by atoms with E-state index < -0.39 is 13.0 Å². The Morgan fingerprint density at radius 3 is 2.46 bits per heavy atom. The van der Waals surface area contributed by atoms with Crippen LogP contribution in [0.25, 0.3) is 0 Å². The predicted molar refractivity (Wildman–Crippen MR) is 84.7 cm³/mol. The van der Waals surface area contributed by atoms with Crippen LogP contribution in [0.2, 0.25) is 0 Å². The van der Waals surface area contributed by atoms with Crippen LogP contribution in [-0.2, 0) is 0 Å². The van der Waals surface area contributed by atoms with Crippen molar-refractivity contribution in [3.05, 3.63) is 23.8 Å². The van der Waals surface area contributed by atoms with Crippen LogP contribution in [0.15, 0.2) is 18.2 Å². The molecule has 1 atom stereocenters. The van der Waals surface area contributed by atoms with Gasteiger partial charge in [-0.3, -0.25) is 9.29 Å². The van der Waals surface area contributed by atoms with Crippen molar-refractivity contribution in [2.24, 2.45) is 0 Å². The molecule has 24 heavy (non-hydrogen) atoms. The molecular weight excluding hydrogens is 352 g/mol. The van der Waals surface area contributed by atoms with Gasteiger partial charge in [-0.05, 0) is 12.5 Å². The summed E-state index contributed by atoms with van der Waals surface area (Å²) in [7, 11) is 1.38. The predicted octanol–water partition coefficient (Wildman–Crippen LogP) is 3.32. The number of rotatable bonds is 6. The highest BCUT2D eigenvalue weighted by Gasteiger charge is 2.32. The Balaban J connectivity index is 0.00000288. The smallest absolute Gasteiger partial charge is 0.496 e. The molecule has 1 saturated heterocycles. The van der Waals surface area contributed by atoms with E-state index in [1.807, 2.05) is 0 Å². The molecule has 1 aliphatic rings. The van der Waals surface area contributed by atoms with Crippen molar-refractivity contribution in [2.45, 2.75) is 18.8 Å². The minimum Gasteiger partial charge on any atom is -0.496 e. The number of hydrogen-bond donors (Lipinski definition) is 1. The van der Waals surface area contributed by atoms with Crippen molar-refractivity contribution in [3.8, 4) is 11.5 Å². The van der Waals surface area contributed by atoms with E-state index in [2.05, 4.69) is 15.0 Å². The zero-order chi connectivity index (χ0) is 16.9. The standard InChI is InChI=1S/C15H20F4N2O2.ClH/c1-22-14-10-11(23-15(17,18)19)2-3-12(14)13(4-5-16)21-8-6-20-7-9-21;/h2-3,10,13,20H,4-9H2,1H3;1H/t13-;/m0./s1. The Morgan fingerprint density at radius 2 is 1.92 bits per heavy atom. The molecule has 1 N–H and O–H groups in total. The van der Waals surface area contributed by atoms with Crippen molar-refractivity contribution in [2.75, 3.05) is 40.0 Å². The van der Waals surface area contributed by atoms with E-state index in [1.165, 1.54) is 25.3 Å². The van der Waals surface area contributed by atoms with Gasteiger partial charge in [-0.25, -0.2) is 0 Å². The van der Waals surface area contributed by atoms with Gasteiger partial charge < -0.3 is 14.8 Å². The summed E-state index contributed by atoms with van der Waals surface area (Å²) < 4.78 is 59.0. The summed E-state index contributed by atoms with van der Waals surface area (Å²) in [5, 5.41) is 3.21. The molecule has 138 valence electrons. The molecule has 0 saturated carbocycles. The van der Waals surface area contributed by atoms with Crippen LogP contribution in [0.3, 0.4) is 0 Å². The van der Waals surface area contributed by atoms with Gasteiger partial charge >= 0.3 is 6.36 Å². The number of nitrogens with one attached hydrogen (secondary N) is 1. The molecule has 0 bridgehead atoms. The van der Waals surface area contributed by atoms with E-state index in [1.54, 1.807) is 0 Å². The van der Waals surface area contributed by atoms with Crippen molar-refractivity contribution in [1.82, 2.24) is 10.2 Å². The number of hydrogen-bond acceptors (Lipinski definition) is 4. The Labute approximate surface area is 144 Å². The summed E-state index contributed by atoms with van der Waals surface area (Å²) in [5.74, 6) is -0.0823.